The first-order valence-corrected chi connectivity index (χ1v) is 13.7. The first-order chi connectivity index (χ1) is 18.1. The summed E-state index contributed by atoms with van der Waals surface area (Å²) in [4.78, 5) is 7.08. The van der Waals surface area contributed by atoms with Gasteiger partial charge in [-0.3, -0.25) is 4.98 Å². The summed E-state index contributed by atoms with van der Waals surface area (Å²) in [6.07, 6.45) is 11.7. The number of halogens is 4. The van der Waals surface area contributed by atoms with Crippen molar-refractivity contribution in [2.45, 2.75) is 70.9 Å². The van der Waals surface area contributed by atoms with Crippen LogP contribution in [0.3, 0.4) is 0 Å². The number of aromatic nitrogens is 1. The van der Waals surface area contributed by atoms with Crippen LogP contribution in [-0.2, 0) is 4.74 Å². The molecule has 0 aliphatic carbocycles. The molecule has 3 heterocycles. The molecule has 208 valence electrons. The van der Waals surface area contributed by atoms with Gasteiger partial charge in [-0.25, -0.2) is 0 Å². The highest BCUT2D eigenvalue weighted by Crippen LogP contribution is 2.36. The van der Waals surface area contributed by atoms with E-state index in [1.807, 2.05) is 12.1 Å². The summed E-state index contributed by atoms with van der Waals surface area (Å²) < 4.78 is 45.3. The van der Waals surface area contributed by atoms with Crippen molar-refractivity contribution in [3.63, 3.8) is 0 Å². The molecular weight excluding hydrogens is 513 g/mol. The van der Waals surface area contributed by atoms with Crippen molar-refractivity contribution < 1.29 is 22.6 Å². The van der Waals surface area contributed by atoms with Crippen molar-refractivity contribution in [1.29, 1.82) is 0 Å². The van der Waals surface area contributed by atoms with Crippen LogP contribution in [0.4, 0.5) is 13.2 Å². The van der Waals surface area contributed by atoms with E-state index in [9.17, 15) is 13.2 Å². The van der Waals surface area contributed by atoms with Crippen molar-refractivity contribution in [2.75, 3.05) is 19.6 Å². The molecule has 4 rings (SSSR count). The van der Waals surface area contributed by atoms with Gasteiger partial charge in [0.25, 0.3) is 0 Å². The largest absolute Gasteiger partial charge is 0.573 e. The van der Waals surface area contributed by atoms with Crippen LogP contribution in [-0.4, -0.2) is 41.5 Å². The third kappa shape index (κ3) is 10.1. The van der Waals surface area contributed by atoms with Gasteiger partial charge in [-0.15, -0.1) is 13.2 Å². The van der Waals surface area contributed by atoms with Gasteiger partial charge < -0.3 is 14.4 Å². The quantitative estimate of drug-likeness (QED) is 0.359. The van der Waals surface area contributed by atoms with Crippen molar-refractivity contribution in [3.05, 3.63) is 83.2 Å². The number of aryl methyl sites for hydroxylation is 1. The Bertz CT molecular complexity index is 1060. The van der Waals surface area contributed by atoms with E-state index in [1.165, 1.54) is 31.5 Å². The van der Waals surface area contributed by atoms with E-state index < -0.39 is 6.36 Å². The number of benzene rings is 1. The molecule has 0 amide bonds. The first kappa shape index (κ1) is 30.2. The van der Waals surface area contributed by atoms with Crippen molar-refractivity contribution in [2.24, 2.45) is 5.92 Å². The van der Waals surface area contributed by atoms with E-state index in [0.29, 0.717) is 10.9 Å². The van der Waals surface area contributed by atoms with Crippen molar-refractivity contribution >= 4 is 11.6 Å². The number of ether oxygens (including phenoxy) is 2. The number of hydrogen-bond donors (Lipinski definition) is 0. The Morgan fingerprint density at radius 2 is 1.87 bits per heavy atom. The molecule has 4 nitrogen and oxygen atoms in total. The Balaban J connectivity index is 0.000000279. The topological polar surface area (TPSA) is 34.6 Å². The number of rotatable bonds is 3. The Morgan fingerprint density at radius 1 is 1.11 bits per heavy atom. The number of likely N-dealkylation sites (tertiary alicyclic amines) is 1. The summed E-state index contributed by atoms with van der Waals surface area (Å²) in [7, 11) is 0. The fraction of sp³-hybridized carbons (Fsp3) is 0.500. The maximum atomic E-state index is 11.6. The zero-order valence-electron chi connectivity index (χ0n) is 22.4. The fourth-order valence-electron chi connectivity index (χ4n) is 4.62. The second-order valence-electron chi connectivity index (χ2n) is 10.0. The zero-order valence-corrected chi connectivity index (χ0v) is 23.1. The van der Waals surface area contributed by atoms with Gasteiger partial charge >= 0.3 is 6.36 Å². The maximum Gasteiger partial charge on any atom is 0.573 e. The lowest BCUT2D eigenvalue weighted by molar-refractivity contribution is -0.274. The normalized spacial score (nSPS) is 26.5. The van der Waals surface area contributed by atoms with Crippen molar-refractivity contribution in [1.82, 2.24) is 9.88 Å². The first-order valence-electron chi connectivity index (χ1n) is 13.3. The number of hydrogen-bond acceptors (Lipinski definition) is 4. The molecule has 1 spiro atoms. The maximum absolute atomic E-state index is 11.6. The smallest absolute Gasteiger partial charge is 0.406 e. The molecule has 1 aromatic heterocycles. The molecule has 8 heteroatoms. The average molecular weight is 551 g/mol. The summed E-state index contributed by atoms with van der Waals surface area (Å²) >= 11 is 6.22. The summed E-state index contributed by atoms with van der Waals surface area (Å²) in [5.41, 5.74) is 1.56. The Morgan fingerprint density at radius 3 is 2.55 bits per heavy atom. The number of alkyl halides is 3. The lowest BCUT2D eigenvalue weighted by Gasteiger charge is -2.38. The highest BCUT2D eigenvalue weighted by atomic mass is 35.5. The van der Waals surface area contributed by atoms with Gasteiger partial charge in [-0.1, -0.05) is 67.4 Å². The molecule has 0 saturated carbocycles. The molecule has 1 saturated heterocycles. The Hall–Kier alpha value is -2.35. The average Bonchev–Trinajstić information content (AvgIpc) is 2.93. The third-order valence-electron chi connectivity index (χ3n) is 6.82. The number of allylic oxidation sites excluding steroid dienone is 2. The van der Waals surface area contributed by atoms with Gasteiger partial charge in [0.1, 0.15) is 11.9 Å². The Kier molecular flexibility index (Phi) is 11.2. The van der Waals surface area contributed by atoms with E-state index in [-0.39, 0.29) is 17.5 Å². The lowest BCUT2D eigenvalue weighted by atomic mass is 9.89. The molecule has 0 N–H and O–H groups in total. The molecular formula is C30H38ClF3N2O2. The second kappa shape index (κ2) is 14.2. The van der Waals surface area contributed by atoms with E-state index in [1.54, 1.807) is 25.3 Å². The molecule has 3 atom stereocenters. The summed E-state index contributed by atoms with van der Waals surface area (Å²) in [5, 5.41) is 0.708. The van der Waals surface area contributed by atoms with Crippen LogP contribution >= 0.6 is 11.6 Å². The molecule has 3 unspecified atom stereocenters. The monoisotopic (exact) mass is 550 g/mol. The van der Waals surface area contributed by atoms with Crippen LogP contribution in [0.5, 0.6) is 5.75 Å². The van der Waals surface area contributed by atoms with Gasteiger partial charge in [0.2, 0.25) is 0 Å². The molecule has 0 bridgehead atoms. The van der Waals surface area contributed by atoms with E-state index in [0.717, 1.165) is 43.6 Å². The van der Waals surface area contributed by atoms with Gasteiger partial charge in [-0.05, 0) is 82.3 Å². The lowest BCUT2D eigenvalue weighted by Crippen LogP contribution is -2.39. The fourth-order valence-corrected chi connectivity index (χ4v) is 4.79. The molecule has 2 aliphatic heterocycles. The highest BCUT2D eigenvalue weighted by molar-refractivity contribution is 6.30. The van der Waals surface area contributed by atoms with Crippen LogP contribution in [0, 0.1) is 12.8 Å². The molecule has 2 aliphatic rings. The molecule has 38 heavy (non-hydrogen) atoms. The van der Waals surface area contributed by atoms with E-state index in [4.69, 9.17) is 16.3 Å². The SMILES string of the molecule is CCN1CCCCC2(/C=C/CC(C)/C=C/C(c3cc(Cl)ccn3)O2)CC1.Cc1ccc(OC(F)(F)F)cc1. The third-order valence-corrected chi connectivity index (χ3v) is 7.05. The van der Waals surface area contributed by atoms with E-state index >= 15 is 0 Å². The van der Waals surface area contributed by atoms with Crippen molar-refractivity contribution in [3.8, 4) is 5.75 Å². The predicted octanol–water partition coefficient (Wildman–Crippen LogP) is 8.47. The van der Waals surface area contributed by atoms with Crippen LogP contribution < -0.4 is 4.74 Å². The van der Waals surface area contributed by atoms with E-state index in [2.05, 4.69) is 52.8 Å². The zero-order chi connectivity index (χ0) is 27.6. The Labute approximate surface area is 229 Å². The van der Waals surface area contributed by atoms with Gasteiger partial charge in [0.15, 0.2) is 0 Å². The van der Waals surface area contributed by atoms with Gasteiger partial charge in [0.05, 0.1) is 11.3 Å². The highest BCUT2D eigenvalue weighted by Gasteiger charge is 2.33. The number of nitrogens with zero attached hydrogens (tertiary/aromatic N) is 2. The van der Waals surface area contributed by atoms with Crippen LogP contribution in [0.1, 0.15) is 63.3 Å². The minimum atomic E-state index is -4.60. The second-order valence-corrected chi connectivity index (χ2v) is 10.4. The minimum absolute atomic E-state index is 0.159. The van der Waals surface area contributed by atoms with Crippen LogP contribution in [0.25, 0.3) is 0 Å². The van der Waals surface area contributed by atoms with Crippen LogP contribution in [0.2, 0.25) is 5.02 Å². The van der Waals surface area contributed by atoms with Gasteiger partial charge in [-0.2, -0.15) is 0 Å². The molecule has 1 fully saturated rings. The van der Waals surface area contributed by atoms with Gasteiger partial charge in [0, 0.05) is 17.8 Å². The van der Waals surface area contributed by atoms with Crippen LogP contribution in [0.15, 0.2) is 66.9 Å². The predicted molar refractivity (Wildman–Crippen MR) is 146 cm³/mol. The molecule has 0 radical (unpaired) electrons. The minimum Gasteiger partial charge on any atom is -0.406 e. The molecule has 1 aromatic carbocycles. The summed E-state index contributed by atoms with van der Waals surface area (Å²) in [6.45, 7) is 9.67. The molecule has 2 aromatic rings. The summed E-state index contributed by atoms with van der Waals surface area (Å²) in [6, 6.07) is 9.42. The standard InChI is InChI=1S/C22H31ClN2O.C8H7F3O/c1-3-25-15-5-4-11-22(13-16-25)12-6-7-18(2)8-9-21(26-22)20-17-19(23)10-14-24-20;1-6-2-4-7(5-3-6)12-8(9,10)11/h6,8-10,12,14,17-18,21H,3-5,7,11,13,15-16H2,1-2H3;2-5H,1H3/b9-8+,12-6+;. The summed E-state index contributed by atoms with van der Waals surface area (Å²) in [5.74, 6) is 0.306. The number of pyridine rings is 1.